The van der Waals surface area contributed by atoms with E-state index in [1.807, 2.05) is 39.8 Å². The van der Waals surface area contributed by atoms with Gasteiger partial charge in [0.15, 0.2) is 0 Å². The second-order valence-corrected chi connectivity index (χ2v) is 7.69. The van der Waals surface area contributed by atoms with Crippen LogP contribution in [0.5, 0.6) is 5.75 Å². The average Bonchev–Trinajstić information content (AvgIpc) is 2.22. The monoisotopic (exact) mass is 351 g/mol. The Morgan fingerprint density at radius 1 is 1.29 bits per heavy atom. The molecule has 1 aromatic carbocycles. The van der Waals surface area contributed by atoms with Gasteiger partial charge < -0.3 is 5.11 Å². The zero-order chi connectivity index (χ0) is 13.4. The molecule has 0 aliphatic heterocycles. The average molecular weight is 353 g/mol. The van der Waals surface area contributed by atoms with Crippen LogP contribution in [0.15, 0.2) is 17.1 Å². The Morgan fingerprint density at radius 3 is 2.29 bits per heavy atom. The van der Waals surface area contributed by atoms with E-state index in [1.54, 1.807) is 6.21 Å². The van der Waals surface area contributed by atoms with Gasteiger partial charge in [-0.1, -0.05) is 6.07 Å². The Hall–Kier alpha value is 0.153. The molecule has 2 nitrogen and oxygen atoms in total. The van der Waals surface area contributed by atoms with Crippen LogP contribution < -0.4 is 0 Å². The van der Waals surface area contributed by atoms with Gasteiger partial charge in [-0.15, -0.1) is 0 Å². The Balaban J connectivity index is 0.000000770. The zero-order valence-corrected chi connectivity index (χ0v) is 14.4. The summed E-state index contributed by atoms with van der Waals surface area (Å²) < 4.78 is 0. The molecule has 0 saturated heterocycles. The van der Waals surface area contributed by atoms with E-state index in [0.717, 1.165) is 16.7 Å². The van der Waals surface area contributed by atoms with Gasteiger partial charge in [-0.2, -0.15) is 0 Å². The van der Waals surface area contributed by atoms with E-state index in [9.17, 15) is 5.11 Å². The summed E-state index contributed by atoms with van der Waals surface area (Å²) in [5.74, 6) is 0.333. The van der Waals surface area contributed by atoms with Crippen molar-refractivity contribution in [2.75, 3.05) is 0 Å². The SMILES string of the molecule is Cc1cc(C)c(O)c(C=NC(C)C)c1.[Cl][Zr][Cl]. The van der Waals surface area contributed by atoms with Gasteiger partial charge in [0.1, 0.15) is 5.75 Å². The topological polar surface area (TPSA) is 32.6 Å². The first-order valence-corrected chi connectivity index (χ1v) is 11.5. The number of benzene rings is 1. The van der Waals surface area contributed by atoms with Gasteiger partial charge in [0.2, 0.25) is 0 Å². The molecule has 0 heterocycles. The quantitative estimate of drug-likeness (QED) is 0.794. The molecule has 0 unspecified atom stereocenters. The number of phenolic OH excluding ortho intramolecular Hbond substituents is 1. The van der Waals surface area contributed by atoms with Crippen molar-refractivity contribution >= 4 is 23.2 Å². The minimum atomic E-state index is -0.826. The summed E-state index contributed by atoms with van der Waals surface area (Å²) in [4.78, 5) is 4.25. The van der Waals surface area contributed by atoms with E-state index in [2.05, 4.69) is 4.99 Å². The predicted molar refractivity (Wildman–Crippen MR) is 72.0 cm³/mol. The molecule has 0 atom stereocenters. The Labute approximate surface area is 122 Å². The summed E-state index contributed by atoms with van der Waals surface area (Å²) in [5.41, 5.74) is 2.84. The number of aliphatic imine (C=N–C) groups is 1. The predicted octanol–water partition coefficient (Wildman–Crippen LogP) is 4.21. The molecular weight excluding hydrogens is 336 g/mol. The second kappa shape index (κ2) is 9.13. The first-order chi connectivity index (χ1) is 7.92. The summed E-state index contributed by atoms with van der Waals surface area (Å²) >= 11 is -0.826. The molecule has 5 heteroatoms. The summed E-state index contributed by atoms with van der Waals surface area (Å²) in [6.07, 6.45) is 1.74. The number of phenols is 1. The molecule has 0 aliphatic carbocycles. The van der Waals surface area contributed by atoms with E-state index in [1.165, 1.54) is 0 Å². The molecular formula is C12H17Cl2NOZr. The fourth-order valence-electron chi connectivity index (χ4n) is 1.32. The van der Waals surface area contributed by atoms with E-state index in [4.69, 9.17) is 17.0 Å². The van der Waals surface area contributed by atoms with Crippen LogP contribution in [0.25, 0.3) is 0 Å². The molecule has 1 N–H and O–H groups in total. The summed E-state index contributed by atoms with van der Waals surface area (Å²) in [6.45, 7) is 7.93. The van der Waals surface area contributed by atoms with E-state index in [0.29, 0.717) is 5.75 Å². The van der Waals surface area contributed by atoms with Gasteiger partial charge in [0, 0.05) is 17.8 Å². The summed E-state index contributed by atoms with van der Waals surface area (Å²) in [6, 6.07) is 4.16. The van der Waals surface area contributed by atoms with E-state index >= 15 is 0 Å². The molecule has 0 radical (unpaired) electrons. The van der Waals surface area contributed by atoms with Crippen molar-refractivity contribution in [2.24, 2.45) is 4.99 Å². The first kappa shape index (κ1) is 17.2. The van der Waals surface area contributed by atoms with Crippen molar-refractivity contribution in [2.45, 2.75) is 33.7 Å². The number of hydrogen-bond acceptors (Lipinski definition) is 2. The number of aromatic hydroxyl groups is 1. The van der Waals surface area contributed by atoms with Crippen molar-refractivity contribution in [1.29, 1.82) is 0 Å². The maximum absolute atomic E-state index is 9.74. The van der Waals surface area contributed by atoms with Crippen LogP contribution in [0.1, 0.15) is 30.5 Å². The molecule has 0 saturated carbocycles. The van der Waals surface area contributed by atoms with E-state index < -0.39 is 20.8 Å². The third-order valence-corrected chi connectivity index (χ3v) is 1.99. The standard InChI is InChI=1S/C12H17NO.2ClH.Zr/c1-8(2)13-7-11-6-9(3)5-10(4)12(11)14;;;/h5-8,14H,1-4H3;2*1H;/q;;;+2/p-2. The molecule has 0 bridgehead atoms. The van der Waals surface area contributed by atoms with Crippen LogP contribution in [0.4, 0.5) is 0 Å². The second-order valence-electron chi connectivity index (χ2n) is 3.96. The van der Waals surface area contributed by atoms with Gasteiger partial charge >= 0.3 is 37.9 Å². The molecule has 0 fully saturated rings. The molecule has 0 aliphatic rings. The number of aryl methyl sites for hydroxylation is 2. The van der Waals surface area contributed by atoms with Gasteiger partial charge in [-0.25, -0.2) is 0 Å². The molecule has 1 aromatic rings. The Bertz CT molecular complexity index is 381. The third-order valence-electron chi connectivity index (χ3n) is 1.99. The number of halogens is 2. The molecule has 1 rings (SSSR count). The van der Waals surface area contributed by atoms with Crippen LogP contribution in [-0.4, -0.2) is 17.4 Å². The van der Waals surface area contributed by atoms with Gasteiger partial charge in [0.25, 0.3) is 0 Å². The fraction of sp³-hybridized carbons (Fsp3) is 0.417. The van der Waals surface area contributed by atoms with Crippen LogP contribution >= 0.6 is 17.0 Å². The molecule has 0 amide bonds. The molecule has 0 spiro atoms. The molecule has 17 heavy (non-hydrogen) atoms. The van der Waals surface area contributed by atoms with Gasteiger partial charge in [0.05, 0.1) is 0 Å². The van der Waals surface area contributed by atoms with Crippen LogP contribution in [-0.2, 0) is 20.8 Å². The first-order valence-electron chi connectivity index (χ1n) is 5.22. The maximum atomic E-state index is 9.74. The molecule has 0 aromatic heterocycles. The summed E-state index contributed by atoms with van der Waals surface area (Å²) in [7, 11) is 9.87. The normalized spacial score (nSPS) is 10.3. The van der Waals surface area contributed by atoms with Crippen LogP contribution in [0.3, 0.4) is 0 Å². The summed E-state index contributed by atoms with van der Waals surface area (Å²) in [5, 5.41) is 9.74. The number of nitrogens with zero attached hydrogens (tertiary/aromatic N) is 1. The van der Waals surface area contributed by atoms with Crippen molar-refractivity contribution in [3.63, 3.8) is 0 Å². The minimum absolute atomic E-state index is 0.259. The Morgan fingerprint density at radius 2 is 1.82 bits per heavy atom. The third kappa shape index (κ3) is 7.23. The number of rotatable bonds is 2. The van der Waals surface area contributed by atoms with Gasteiger partial charge in [-0.3, -0.25) is 4.99 Å². The van der Waals surface area contributed by atoms with Crippen molar-refractivity contribution < 1.29 is 26.0 Å². The number of hydrogen-bond donors (Lipinski definition) is 1. The Kier molecular flexibility index (Phi) is 9.21. The van der Waals surface area contributed by atoms with Crippen molar-refractivity contribution in [3.8, 4) is 5.75 Å². The van der Waals surface area contributed by atoms with Gasteiger partial charge in [-0.05, 0) is 44.9 Å². The van der Waals surface area contributed by atoms with Crippen LogP contribution in [0, 0.1) is 13.8 Å². The zero-order valence-electron chi connectivity index (χ0n) is 10.5. The van der Waals surface area contributed by atoms with E-state index in [-0.39, 0.29) is 6.04 Å². The van der Waals surface area contributed by atoms with Crippen molar-refractivity contribution in [3.05, 3.63) is 28.8 Å². The van der Waals surface area contributed by atoms with Crippen LogP contribution in [0.2, 0.25) is 0 Å². The van der Waals surface area contributed by atoms with Crippen molar-refractivity contribution in [1.82, 2.24) is 0 Å². The fourth-order valence-corrected chi connectivity index (χ4v) is 1.32. The molecule has 94 valence electrons.